The number of thioether (sulfide) groups is 1. The number of nitrogens with zero attached hydrogens (tertiary/aromatic N) is 3. The molecule has 29 heavy (non-hydrogen) atoms. The van der Waals surface area contributed by atoms with Crippen LogP contribution in [-0.2, 0) is 5.75 Å². The fourth-order valence-corrected chi connectivity index (χ4v) is 3.18. The molecule has 6 nitrogen and oxygen atoms in total. The Labute approximate surface area is 168 Å². The van der Waals surface area contributed by atoms with Gasteiger partial charge in [0, 0.05) is 17.2 Å². The van der Waals surface area contributed by atoms with Crippen LogP contribution in [0, 0.1) is 6.92 Å². The second kappa shape index (κ2) is 8.44. The van der Waals surface area contributed by atoms with Gasteiger partial charge in [-0.1, -0.05) is 46.7 Å². The van der Waals surface area contributed by atoms with Gasteiger partial charge >= 0.3 is 6.61 Å². The van der Waals surface area contributed by atoms with Crippen molar-refractivity contribution in [3.8, 4) is 28.5 Å². The maximum atomic E-state index is 12.2. The number of halogens is 2. The first-order valence-corrected chi connectivity index (χ1v) is 9.59. The van der Waals surface area contributed by atoms with Crippen LogP contribution >= 0.6 is 11.8 Å². The minimum absolute atomic E-state index is 0.0626. The summed E-state index contributed by atoms with van der Waals surface area (Å²) in [6.07, 6.45) is 0. The highest BCUT2D eigenvalue weighted by atomic mass is 32.2. The molecule has 0 amide bonds. The molecule has 0 fully saturated rings. The number of hydrogen-bond acceptors (Lipinski definition) is 7. The van der Waals surface area contributed by atoms with Gasteiger partial charge < -0.3 is 13.7 Å². The van der Waals surface area contributed by atoms with Gasteiger partial charge in [-0.2, -0.15) is 8.78 Å². The van der Waals surface area contributed by atoms with E-state index in [2.05, 4.69) is 20.1 Å². The topological polar surface area (TPSA) is 74.2 Å². The van der Waals surface area contributed by atoms with E-state index in [0.29, 0.717) is 22.3 Å². The molecular formula is C20H15F2N3O3S. The molecule has 4 aromatic rings. The lowest BCUT2D eigenvalue weighted by Crippen LogP contribution is -2.01. The fourth-order valence-electron chi connectivity index (χ4n) is 2.54. The quantitative estimate of drug-likeness (QED) is 0.364. The lowest BCUT2D eigenvalue weighted by atomic mass is 10.1. The number of aryl methyl sites for hydroxylation is 1. The summed E-state index contributed by atoms with van der Waals surface area (Å²) in [5, 5.41) is 12.4. The van der Waals surface area contributed by atoms with Gasteiger partial charge in [0.2, 0.25) is 5.89 Å². The summed E-state index contributed by atoms with van der Waals surface area (Å²) >= 11 is 1.31. The van der Waals surface area contributed by atoms with Crippen molar-refractivity contribution >= 4 is 11.8 Å². The normalized spacial score (nSPS) is 11.2. The second-order valence-electron chi connectivity index (χ2n) is 6.11. The Bertz CT molecular complexity index is 1080. The summed E-state index contributed by atoms with van der Waals surface area (Å²) in [4.78, 5) is 0. The summed E-state index contributed by atoms with van der Waals surface area (Å²) in [7, 11) is 0. The zero-order chi connectivity index (χ0) is 20.2. The average molecular weight is 415 g/mol. The average Bonchev–Trinajstić information content (AvgIpc) is 3.37. The number of ether oxygens (including phenoxy) is 1. The zero-order valence-corrected chi connectivity index (χ0v) is 16.0. The Morgan fingerprint density at radius 2 is 1.72 bits per heavy atom. The number of hydrogen-bond donors (Lipinski definition) is 0. The molecule has 0 saturated heterocycles. The molecular weight excluding hydrogens is 400 g/mol. The van der Waals surface area contributed by atoms with Crippen molar-refractivity contribution in [3.05, 3.63) is 65.9 Å². The van der Waals surface area contributed by atoms with Crippen LogP contribution in [0.5, 0.6) is 5.75 Å². The second-order valence-corrected chi connectivity index (χ2v) is 7.04. The molecule has 0 aliphatic rings. The molecule has 2 aromatic heterocycles. The highest BCUT2D eigenvalue weighted by Gasteiger charge is 2.13. The van der Waals surface area contributed by atoms with Crippen LogP contribution in [0.25, 0.3) is 22.7 Å². The third kappa shape index (κ3) is 4.80. The van der Waals surface area contributed by atoms with E-state index in [9.17, 15) is 8.78 Å². The van der Waals surface area contributed by atoms with Crippen LogP contribution in [0.15, 0.2) is 68.8 Å². The summed E-state index contributed by atoms with van der Waals surface area (Å²) < 4.78 is 39.7. The Balaban J connectivity index is 1.38. The van der Waals surface area contributed by atoms with Gasteiger partial charge in [-0.3, -0.25) is 0 Å². The van der Waals surface area contributed by atoms with E-state index in [-0.39, 0.29) is 11.6 Å². The van der Waals surface area contributed by atoms with E-state index >= 15 is 0 Å². The van der Waals surface area contributed by atoms with Crippen molar-refractivity contribution in [2.45, 2.75) is 24.5 Å². The number of rotatable bonds is 7. The van der Waals surface area contributed by atoms with Crippen LogP contribution in [-0.4, -0.2) is 22.0 Å². The number of aromatic nitrogens is 3. The molecule has 148 valence electrons. The van der Waals surface area contributed by atoms with Crippen LogP contribution in [0.3, 0.4) is 0 Å². The highest BCUT2D eigenvalue weighted by molar-refractivity contribution is 7.98. The monoisotopic (exact) mass is 415 g/mol. The van der Waals surface area contributed by atoms with Crippen LogP contribution in [0.1, 0.15) is 11.3 Å². The summed E-state index contributed by atoms with van der Waals surface area (Å²) in [5.41, 5.74) is 3.52. The van der Waals surface area contributed by atoms with Crippen LogP contribution in [0.4, 0.5) is 8.78 Å². The van der Waals surface area contributed by atoms with Crippen LogP contribution < -0.4 is 4.74 Å². The van der Waals surface area contributed by atoms with Crippen molar-refractivity contribution in [3.63, 3.8) is 0 Å². The highest BCUT2D eigenvalue weighted by Crippen LogP contribution is 2.28. The third-order valence-electron chi connectivity index (χ3n) is 3.98. The largest absolute Gasteiger partial charge is 0.435 e. The van der Waals surface area contributed by atoms with E-state index in [1.165, 1.54) is 29.5 Å². The molecule has 0 bridgehead atoms. The predicted octanol–water partition coefficient (Wildman–Crippen LogP) is 5.59. The molecule has 0 radical (unpaired) electrons. The number of alkyl halides is 2. The van der Waals surface area contributed by atoms with E-state index in [4.69, 9.17) is 8.94 Å². The van der Waals surface area contributed by atoms with Gasteiger partial charge in [-0.05, 0) is 31.2 Å². The predicted molar refractivity (Wildman–Crippen MR) is 103 cm³/mol. The summed E-state index contributed by atoms with van der Waals surface area (Å²) in [6, 6.07) is 15.9. The van der Waals surface area contributed by atoms with Gasteiger partial charge in [0.25, 0.3) is 5.22 Å². The first-order chi connectivity index (χ1) is 14.1. The molecule has 0 unspecified atom stereocenters. The fraction of sp³-hybridized carbons (Fsp3) is 0.150. The summed E-state index contributed by atoms with van der Waals surface area (Å²) in [6.45, 7) is -0.839. The minimum Gasteiger partial charge on any atom is -0.435 e. The Kier molecular flexibility index (Phi) is 5.57. The maximum absolute atomic E-state index is 12.2. The molecule has 0 spiro atoms. The lowest BCUT2D eigenvalue weighted by molar-refractivity contribution is -0.0498. The molecule has 0 N–H and O–H groups in total. The molecule has 0 atom stereocenters. The van der Waals surface area contributed by atoms with E-state index in [1.807, 2.05) is 37.3 Å². The molecule has 4 rings (SSSR count). The van der Waals surface area contributed by atoms with Gasteiger partial charge in [-0.25, -0.2) is 0 Å². The SMILES string of the molecule is Cc1ccc(-c2cc(CSc3nnc(-c4ccc(OC(F)F)cc4)o3)on2)cc1. The van der Waals surface area contributed by atoms with E-state index in [0.717, 1.165) is 11.3 Å². The Hall–Kier alpha value is -3.20. The molecule has 9 heteroatoms. The molecule has 2 heterocycles. The van der Waals surface area contributed by atoms with Crippen molar-refractivity contribution in [2.24, 2.45) is 0 Å². The summed E-state index contributed by atoms with van der Waals surface area (Å²) in [5.74, 6) is 1.50. The lowest BCUT2D eigenvalue weighted by Gasteiger charge is -2.03. The minimum atomic E-state index is -2.87. The molecule has 0 saturated carbocycles. The Morgan fingerprint density at radius 3 is 2.45 bits per heavy atom. The number of benzene rings is 2. The van der Waals surface area contributed by atoms with Crippen molar-refractivity contribution in [2.75, 3.05) is 0 Å². The first-order valence-electron chi connectivity index (χ1n) is 8.61. The van der Waals surface area contributed by atoms with Gasteiger partial charge in [0.15, 0.2) is 0 Å². The van der Waals surface area contributed by atoms with Crippen molar-refractivity contribution in [1.82, 2.24) is 15.4 Å². The molecule has 2 aromatic carbocycles. The van der Waals surface area contributed by atoms with Gasteiger partial charge in [0.1, 0.15) is 17.2 Å². The molecule has 0 aliphatic heterocycles. The van der Waals surface area contributed by atoms with Gasteiger partial charge in [-0.15, -0.1) is 10.2 Å². The zero-order valence-electron chi connectivity index (χ0n) is 15.2. The third-order valence-corrected chi connectivity index (χ3v) is 4.82. The Morgan fingerprint density at radius 1 is 1.00 bits per heavy atom. The smallest absolute Gasteiger partial charge is 0.387 e. The van der Waals surface area contributed by atoms with Crippen LogP contribution in [0.2, 0.25) is 0 Å². The first kappa shape index (κ1) is 19.1. The van der Waals surface area contributed by atoms with Crippen molar-refractivity contribution in [1.29, 1.82) is 0 Å². The van der Waals surface area contributed by atoms with Gasteiger partial charge in [0.05, 0.1) is 5.75 Å². The molecule has 0 aliphatic carbocycles. The van der Waals surface area contributed by atoms with E-state index in [1.54, 1.807) is 12.1 Å². The maximum Gasteiger partial charge on any atom is 0.387 e. The van der Waals surface area contributed by atoms with Crippen molar-refractivity contribution < 1.29 is 22.5 Å². The standard InChI is InChI=1S/C20H15F2N3O3S/c1-12-2-4-13(5-3-12)17-10-16(28-25-17)11-29-20-24-23-18(27-20)14-6-8-15(9-7-14)26-19(21)22/h2-10,19H,11H2,1H3. The van der Waals surface area contributed by atoms with E-state index < -0.39 is 6.61 Å².